The summed E-state index contributed by atoms with van der Waals surface area (Å²) in [7, 11) is -13.7. The largest absolute Gasteiger partial charge is 0.505 e. The summed E-state index contributed by atoms with van der Waals surface area (Å²) in [5, 5.41) is 16.5. The molecule has 12 aromatic heterocycles. The number of aromatic hydroxyl groups is 1. The summed E-state index contributed by atoms with van der Waals surface area (Å²) in [6, 6.07) is 6.96. The lowest BCUT2D eigenvalue weighted by Crippen LogP contribution is -2.34. The maximum Gasteiger partial charge on any atom is 0.414 e. The maximum atomic E-state index is 15.2. The molecule has 0 aliphatic carbocycles. The summed E-state index contributed by atoms with van der Waals surface area (Å²) in [4.78, 5) is 127. The van der Waals surface area contributed by atoms with E-state index in [1.54, 1.807) is 124 Å². The molecule has 16 rings (SSSR count). The lowest BCUT2D eigenvalue weighted by Gasteiger charge is -2.25. The van der Waals surface area contributed by atoms with E-state index in [-0.39, 0.29) is 157 Å². The lowest BCUT2D eigenvalue weighted by molar-refractivity contribution is 0.0584. The minimum Gasteiger partial charge on any atom is -0.505 e. The van der Waals surface area contributed by atoms with Gasteiger partial charge in [0.1, 0.15) is 91.6 Å². The predicted molar refractivity (Wildman–Crippen MR) is 545 cm³/mol. The minimum atomic E-state index is -3.86. The summed E-state index contributed by atoms with van der Waals surface area (Å²) in [6.45, 7) is 37.8. The number of ether oxygens (including phenoxy) is 7. The highest BCUT2D eigenvalue weighted by Gasteiger charge is 2.33. The molecule has 0 saturated carbocycles. The molecule has 0 bridgehead atoms. The molecular weight excluding hydrogens is 2110 g/mol. The fraction of sp³-hybridized carbons (Fsp3) is 0.304. The summed E-state index contributed by atoms with van der Waals surface area (Å²) in [5.74, 6) is -0.376. The fourth-order valence-electron chi connectivity index (χ4n) is 12.9. The normalized spacial score (nSPS) is 11.6. The van der Waals surface area contributed by atoms with Crippen LogP contribution in [0, 0.1) is 57.9 Å². The predicted octanol–water partition coefficient (Wildman–Crippen LogP) is 18.1. The second kappa shape index (κ2) is 45.9. The number of allylic oxidation sites excluding steroid dienone is 1. The molecule has 0 saturated heterocycles. The zero-order valence-electron chi connectivity index (χ0n) is 82.7. The molecule has 148 heavy (non-hydrogen) atoms. The highest BCUT2D eigenvalue weighted by Crippen LogP contribution is 2.46. The average molecular weight is 2210 g/mol. The van der Waals surface area contributed by atoms with Gasteiger partial charge in [0.15, 0.2) is 23.0 Å². The number of aryl methyl sites for hydroxylation is 5. The molecule has 0 aliphatic rings. The molecular formula is C92H101BrF4N24O22S5. The number of fused-ring (bicyclic) bond motifs is 12. The van der Waals surface area contributed by atoms with Crippen LogP contribution in [-0.4, -0.2) is 226 Å². The van der Waals surface area contributed by atoms with Crippen LogP contribution in [0.15, 0.2) is 130 Å². The summed E-state index contributed by atoms with van der Waals surface area (Å²) >= 11 is 2.47. The van der Waals surface area contributed by atoms with Gasteiger partial charge in [0.05, 0.1) is 121 Å². The lowest BCUT2D eigenvalue weighted by atomic mass is 10.1. The van der Waals surface area contributed by atoms with Gasteiger partial charge < -0.3 is 58.2 Å². The Morgan fingerprint density at radius 2 is 0.723 bits per heavy atom. The van der Waals surface area contributed by atoms with Gasteiger partial charge in [0.25, 0.3) is 15.5 Å². The van der Waals surface area contributed by atoms with Gasteiger partial charge in [-0.1, -0.05) is 26.2 Å². The quantitative estimate of drug-likeness (QED) is 0.0204. The minimum absolute atomic E-state index is 0. The first-order valence-electron chi connectivity index (χ1n) is 42.7. The number of anilines is 4. The Hall–Kier alpha value is -15.7. The monoisotopic (exact) mass is 2210 g/mol. The number of benzene rings is 4. The molecule has 0 unspecified atom stereocenters. The smallest absolute Gasteiger partial charge is 0.414 e. The van der Waals surface area contributed by atoms with Crippen molar-refractivity contribution in [2.24, 2.45) is 0 Å². The Morgan fingerprint density at radius 1 is 0.426 bits per heavy atom. The third-order valence-corrected chi connectivity index (χ3v) is 22.7. The van der Waals surface area contributed by atoms with Gasteiger partial charge >= 0.3 is 35.9 Å². The third kappa shape index (κ3) is 29.8. The Kier molecular flexibility index (Phi) is 36.0. The van der Waals surface area contributed by atoms with Crippen molar-refractivity contribution in [3.63, 3.8) is 0 Å². The summed E-state index contributed by atoms with van der Waals surface area (Å²) < 4.78 is 211. The van der Waals surface area contributed by atoms with Gasteiger partial charge in [0.2, 0.25) is 62.1 Å². The number of H-pyrrole nitrogens is 4. The van der Waals surface area contributed by atoms with Crippen LogP contribution in [0.2, 0.25) is 0 Å². The van der Waals surface area contributed by atoms with Crippen LogP contribution < -0.4 is 35.1 Å². The van der Waals surface area contributed by atoms with Crippen molar-refractivity contribution in [1.82, 2.24) is 99.7 Å². The number of hydrogen-bond donors (Lipinski definition) is 8. The molecule has 0 fully saturated rings. The van der Waals surface area contributed by atoms with E-state index in [9.17, 15) is 66.0 Å². The van der Waals surface area contributed by atoms with Gasteiger partial charge in [-0.2, -0.15) is 38.3 Å². The SMILES string of the molecule is C.C=CC.C=Cc1c(F)cc(NC(=O)OC(C)(C)C)c2[nH]c3nc(S(C)(=O)=O)nc(Oc4cnc(C)nc4)c3c12.Cc1nc(S(C)(=O)=O)nc2[nH]c3c(N(C)C(=O)OC(C)(C)C)cc(F)cc3c12.Cc1ncc(O)cn1.Cc1ncc(Oc2nc(S(C)(=O)=O)nc3[nH]c4c(NC(=O)OC(C)(C)C)cc(F)c(Br)c4c23)cn1.Cc1ncc(Oc2nc(S(C)(=O)=O)nc3[nH]c4c(NC(=O)OC(C)(C)C)cc(F)cc4c23)cn1.O=S=O. The van der Waals surface area contributed by atoms with Gasteiger partial charge in [-0.15, -0.1) is 6.58 Å². The van der Waals surface area contributed by atoms with Crippen molar-refractivity contribution in [3.8, 4) is 40.6 Å². The second-order valence-electron chi connectivity index (χ2n) is 35.6. The van der Waals surface area contributed by atoms with E-state index < -0.39 is 136 Å². The Morgan fingerprint density at radius 3 is 1.08 bits per heavy atom. The molecule has 12 heterocycles. The van der Waals surface area contributed by atoms with Crippen molar-refractivity contribution in [1.29, 1.82) is 0 Å². The molecule has 0 atom stereocenters. The van der Waals surface area contributed by atoms with Crippen molar-refractivity contribution in [2.75, 3.05) is 52.9 Å². The molecule has 0 radical (unpaired) electrons. The Balaban J connectivity index is 0.000000210. The fourth-order valence-corrected chi connectivity index (χ4v) is 15.5. The summed E-state index contributed by atoms with van der Waals surface area (Å²) in [5.41, 5.74) is -0.712. The van der Waals surface area contributed by atoms with Crippen molar-refractivity contribution in [2.45, 2.75) is 175 Å². The highest BCUT2D eigenvalue weighted by atomic mass is 79.9. The summed E-state index contributed by atoms with van der Waals surface area (Å²) in [6.07, 6.45) is 14.9. The first kappa shape index (κ1) is 116. The molecule has 786 valence electrons. The van der Waals surface area contributed by atoms with Gasteiger partial charge in [-0.3, -0.25) is 20.9 Å². The number of hydrogen-bond acceptors (Lipinski definition) is 38. The van der Waals surface area contributed by atoms with Gasteiger partial charge in [-0.05, 0) is 165 Å². The molecule has 16 aromatic rings. The maximum absolute atomic E-state index is 15.2. The van der Waals surface area contributed by atoms with E-state index in [0.29, 0.717) is 45.3 Å². The van der Waals surface area contributed by atoms with Crippen LogP contribution in [0.25, 0.3) is 93.8 Å². The van der Waals surface area contributed by atoms with E-state index in [4.69, 9.17) is 46.7 Å². The van der Waals surface area contributed by atoms with E-state index >= 15 is 4.39 Å². The first-order chi connectivity index (χ1) is 68.2. The van der Waals surface area contributed by atoms with Gasteiger partial charge in [0, 0.05) is 76.7 Å². The van der Waals surface area contributed by atoms with E-state index in [2.05, 4.69) is 145 Å². The van der Waals surface area contributed by atoms with Crippen molar-refractivity contribution >= 4 is 208 Å². The molecule has 0 aliphatic heterocycles. The topological polar surface area (TPSA) is 633 Å². The van der Waals surface area contributed by atoms with Crippen LogP contribution in [0.4, 0.5) is 59.5 Å². The number of rotatable bonds is 15. The second-order valence-corrected chi connectivity index (χ2v) is 44.1. The molecule has 8 N–H and O–H groups in total. The number of carbonyl (C=O) groups excluding carboxylic acids is 4. The zero-order chi connectivity index (χ0) is 109. The number of carbonyl (C=O) groups is 4. The number of nitrogens with one attached hydrogen (secondary N) is 7. The van der Waals surface area contributed by atoms with E-state index in [1.807, 2.05) is 6.92 Å². The Labute approximate surface area is 855 Å². The standard InChI is InChI=1S/C23H23FN6O5S.C21H20BrFN6O5S.C21H21FN6O5S.C18H21FN4O4S.C5H6N2O.C3H6.CH4.O2S/c1-7-13-14(24)8-15(27-22(31)35-23(3,4)5)18-16(13)17-19(28-18)29-21(36(6,32)33)30-20(17)34-12-9-25-11(2)26-10-12;1-9-24-7-10(8-25-9)33-18-14-13-15(22)11(23)6-12(26-20(30)34-21(2,3)4)16(13)27-17(14)28-19(29-18)35(5,31)32;1-10-23-8-12(9-24-10)32-18-15-13-6-11(22)7-14(25-20(29)33-21(2,3)4)16(13)26-17(15)27-19(28-18)34(5,30)31;1-9-13-11-7-10(19)8-12(23(5)17(24)27-18(2,3)4)14(11)21-15(13)22-16(20-9)28(6,25)26;1-4-6-2-5(8)3-7-4;1-3-2;;1-3-2/h7-10H,1H2,2-6H3,(H,27,31)(H,28,29,30);6-8H,1-5H3,(H,26,30)(H,27,28,29);6-9H,1-5H3,(H,25,29)(H,26,27,28);7-8H,1-6H3,(H,20,21,22);2-3,8H,1H3;3H,1H2,2H3;1H4;. The molecule has 0 spiro atoms. The van der Waals surface area contributed by atoms with Crippen LogP contribution in [-0.2, 0) is 69.9 Å². The molecule has 46 nitrogen and oxygen atoms in total. The molecule has 4 amide bonds. The average Bonchev–Trinajstić information content (AvgIpc) is 1.56. The van der Waals surface area contributed by atoms with E-state index in [1.165, 1.54) is 85.8 Å². The van der Waals surface area contributed by atoms with Gasteiger partial charge in [-0.25, -0.2) is 120 Å². The van der Waals surface area contributed by atoms with Crippen molar-refractivity contribution in [3.05, 3.63) is 168 Å². The number of aromatic nitrogens is 20. The van der Waals surface area contributed by atoms with Crippen LogP contribution in [0.5, 0.6) is 40.6 Å². The Bertz CT molecular complexity index is 8360. The molecule has 56 heteroatoms. The van der Waals surface area contributed by atoms with Crippen LogP contribution in [0.1, 0.15) is 132 Å². The zero-order valence-corrected chi connectivity index (χ0v) is 88.4. The number of aromatic amines is 4. The number of amides is 4. The number of nitrogens with zero attached hydrogens (tertiary/aromatic N) is 17. The highest BCUT2D eigenvalue weighted by molar-refractivity contribution is 9.10. The third-order valence-electron chi connectivity index (χ3n) is 18.5. The van der Waals surface area contributed by atoms with E-state index in [0.717, 1.165) is 43.2 Å². The van der Waals surface area contributed by atoms with Crippen molar-refractivity contribution < 1.29 is 117 Å². The van der Waals surface area contributed by atoms with Crippen LogP contribution in [0.3, 0.4) is 0 Å². The first-order valence-corrected chi connectivity index (χ1v) is 51.8. The van der Waals surface area contributed by atoms with Crippen LogP contribution >= 0.6 is 15.9 Å². The molecule has 4 aromatic carbocycles. The number of sulfone groups is 4. The number of halogens is 5.